The first-order valence-corrected chi connectivity index (χ1v) is 8.23. The minimum atomic E-state index is -3.65. The van der Waals surface area contributed by atoms with Crippen molar-refractivity contribution in [3.8, 4) is 0 Å². The van der Waals surface area contributed by atoms with Gasteiger partial charge in [-0.05, 0) is 26.0 Å². The number of rotatable bonds is 3. The van der Waals surface area contributed by atoms with Gasteiger partial charge in [0.15, 0.2) is 0 Å². The molecule has 0 aliphatic heterocycles. The van der Waals surface area contributed by atoms with Crippen molar-refractivity contribution in [3.63, 3.8) is 0 Å². The van der Waals surface area contributed by atoms with Crippen LogP contribution in [0.3, 0.4) is 0 Å². The zero-order valence-corrected chi connectivity index (χ0v) is 13.5. The van der Waals surface area contributed by atoms with Gasteiger partial charge >= 0.3 is 0 Å². The van der Waals surface area contributed by atoms with Gasteiger partial charge < -0.3 is 0 Å². The van der Waals surface area contributed by atoms with Crippen LogP contribution in [0, 0.1) is 0 Å². The molecule has 1 N–H and O–H groups in total. The van der Waals surface area contributed by atoms with Crippen LogP contribution < -0.4 is 4.72 Å². The molecule has 0 aliphatic carbocycles. The van der Waals surface area contributed by atoms with E-state index in [9.17, 15) is 8.42 Å². The molecule has 1 aromatic heterocycles. The van der Waals surface area contributed by atoms with Gasteiger partial charge in [-0.1, -0.05) is 33.6 Å². The van der Waals surface area contributed by atoms with Crippen LogP contribution in [-0.2, 0) is 10.0 Å². The predicted octanol–water partition coefficient (Wildman–Crippen LogP) is 3.34. The Bertz CT molecular complexity index is 732. The molecule has 0 unspecified atom stereocenters. The minimum absolute atomic E-state index is 0.00214. The van der Waals surface area contributed by atoms with Crippen molar-refractivity contribution in [3.05, 3.63) is 33.9 Å². The van der Waals surface area contributed by atoms with E-state index in [4.69, 9.17) is 11.6 Å². The van der Waals surface area contributed by atoms with Crippen LogP contribution in [-0.4, -0.2) is 19.4 Å². The number of nitrogens with one attached hydrogen (secondary N) is 1. The van der Waals surface area contributed by atoms with E-state index in [2.05, 4.69) is 25.6 Å². The second kappa shape index (κ2) is 5.36. The molecule has 0 saturated heterocycles. The second-order valence-electron chi connectivity index (χ2n) is 4.37. The maximum Gasteiger partial charge on any atom is 0.243 e. The van der Waals surface area contributed by atoms with Crippen molar-refractivity contribution < 1.29 is 8.42 Å². The molecule has 102 valence electrons. The van der Waals surface area contributed by atoms with Crippen LogP contribution in [0.15, 0.2) is 33.8 Å². The highest BCUT2D eigenvalue weighted by atomic mass is 79.9. The maximum absolute atomic E-state index is 12.1. The average molecular weight is 364 g/mol. The molecule has 0 fully saturated rings. The van der Waals surface area contributed by atoms with Crippen LogP contribution >= 0.6 is 27.5 Å². The van der Waals surface area contributed by atoms with E-state index >= 15 is 0 Å². The van der Waals surface area contributed by atoms with Crippen molar-refractivity contribution in [1.29, 1.82) is 0 Å². The molecule has 2 aromatic rings. The number of benzene rings is 1. The summed E-state index contributed by atoms with van der Waals surface area (Å²) in [6, 6.07) is 5.11. The molecule has 19 heavy (non-hydrogen) atoms. The lowest BCUT2D eigenvalue weighted by atomic mass is 10.2. The molecular formula is C12H12BrClN2O2S. The van der Waals surface area contributed by atoms with Gasteiger partial charge in [-0.3, -0.25) is 4.98 Å². The summed E-state index contributed by atoms with van der Waals surface area (Å²) in [6.45, 7) is 3.49. The van der Waals surface area contributed by atoms with Crippen molar-refractivity contribution in [2.24, 2.45) is 0 Å². The molecule has 1 heterocycles. The number of aromatic nitrogens is 1. The maximum atomic E-state index is 12.1. The van der Waals surface area contributed by atoms with Crippen molar-refractivity contribution in [2.75, 3.05) is 0 Å². The molecule has 0 atom stereocenters. The predicted molar refractivity (Wildman–Crippen MR) is 79.9 cm³/mol. The third-order valence-corrected chi connectivity index (χ3v) is 5.10. The number of nitrogens with zero attached hydrogens (tertiary/aromatic N) is 1. The fraction of sp³-hybridized carbons (Fsp3) is 0.250. The Morgan fingerprint density at radius 3 is 2.68 bits per heavy atom. The molecule has 7 heteroatoms. The summed E-state index contributed by atoms with van der Waals surface area (Å²) in [5, 5.41) is 0.794. The molecule has 0 radical (unpaired) electrons. The molecular weight excluding hydrogens is 352 g/mol. The largest absolute Gasteiger partial charge is 0.255 e. The van der Waals surface area contributed by atoms with E-state index in [1.54, 1.807) is 32.0 Å². The summed E-state index contributed by atoms with van der Waals surface area (Å²) in [6.07, 6.45) is 1.28. The van der Waals surface area contributed by atoms with Gasteiger partial charge in [-0.2, -0.15) is 0 Å². The van der Waals surface area contributed by atoms with Crippen LogP contribution in [0.2, 0.25) is 5.02 Å². The van der Waals surface area contributed by atoms with Crippen LogP contribution in [0.4, 0.5) is 0 Å². The first kappa shape index (κ1) is 14.7. The van der Waals surface area contributed by atoms with Crippen LogP contribution in [0.5, 0.6) is 0 Å². The fourth-order valence-corrected chi connectivity index (χ4v) is 3.82. The summed E-state index contributed by atoms with van der Waals surface area (Å²) in [5.74, 6) is 0. The van der Waals surface area contributed by atoms with Gasteiger partial charge in [0.05, 0.1) is 10.5 Å². The van der Waals surface area contributed by atoms with E-state index in [-0.39, 0.29) is 16.0 Å². The SMILES string of the molecule is CC(C)NS(=O)(=O)c1cnc2cc(Br)ccc2c1Cl. The highest BCUT2D eigenvalue weighted by Crippen LogP contribution is 2.30. The standard InChI is InChI=1S/C12H12BrClN2O2S/c1-7(2)16-19(17,18)11-6-15-10-5-8(13)3-4-9(10)12(11)14/h3-7,16H,1-2H3. The number of hydrogen-bond acceptors (Lipinski definition) is 3. The minimum Gasteiger partial charge on any atom is -0.255 e. The average Bonchev–Trinajstić information content (AvgIpc) is 2.26. The zero-order chi connectivity index (χ0) is 14.2. The monoisotopic (exact) mass is 362 g/mol. The van der Waals surface area contributed by atoms with Gasteiger partial charge in [0, 0.05) is 22.1 Å². The normalized spacial score (nSPS) is 12.3. The Labute approximate surface area is 125 Å². The van der Waals surface area contributed by atoms with Gasteiger partial charge in [0.1, 0.15) is 4.90 Å². The smallest absolute Gasteiger partial charge is 0.243 e. The third kappa shape index (κ3) is 3.08. The van der Waals surface area contributed by atoms with Gasteiger partial charge in [0.2, 0.25) is 10.0 Å². The number of pyridine rings is 1. The number of fused-ring (bicyclic) bond motifs is 1. The molecule has 0 saturated carbocycles. The highest BCUT2D eigenvalue weighted by Gasteiger charge is 2.21. The van der Waals surface area contributed by atoms with Crippen LogP contribution in [0.1, 0.15) is 13.8 Å². The lowest BCUT2D eigenvalue weighted by Crippen LogP contribution is -2.30. The van der Waals surface area contributed by atoms with E-state index in [0.29, 0.717) is 10.9 Å². The Hall–Kier alpha value is -0.690. The molecule has 0 amide bonds. The van der Waals surface area contributed by atoms with Crippen molar-refractivity contribution in [1.82, 2.24) is 9.71 Å². The van der Waals surface area contributed by atoms with E-state index in [0.717, 1.165) is 4.47 Å². The number of halogens is 2. The Morgan fingerprint density at radius 2 is 2.05 bits per heavy atom. The summed E-state index contributed by atoms with van der Waals surface area (Å²) in [7, 11) is -3.65. The first-order valence-electron chi connectivity index (χ1n) is 5.57. The fourth-order valence-electron chi connectivity index (χ4n) is 1.68. The highest BCUT2D eigenvalue weighted by molar-refractivity contribution is 9.10. The molecule has 1 aromatic carbocycles. The van der Waals surface area contributed by atoms with Gasteiger partial charge in [-0.15, -0.1) is 0 Å². The summed E-state index contributed by atoms with van der Waals surface area (Å²) < 4.78 is 27.6. The lowest BCUT2D eigenvalue weighted by molar-refractivity contribution is 0.569. The van der Waals surface area contributed by atoms with Gasteiger partial charge in [-0.25, -0.2) is 13.1 Å². The summed E-state index contributed by atoms with van der Waals surface area (Å²) >= 11 is 9.52. The van der Waals surface area contributed by atoms with Crippen molar-refractivity contribution >= 4 is 48.5 Å². The Balaban J connectivity index is 2.64. The molecule has 0 spiro atoms. The lowest BCUT2D eigenvalue weighted by Gasteiger charge is -2.11. The van der Waals surface area contributed by atoms with Crippen molar-refractivity contribution in [2.45, 2.75) is 24.8 Å². The molecule has 4 nitrogen and oxygen atoms in total. The number of hydrogen-bond donors (Lipinski definition) is 1. The topological polar surface area (TPSA) is 59.1 Å². The van der Waals surface area contributed by atoms with E-state index in [1.165, 1.54) is 6.20 Å². The van der Waals surface area contributed by atoms with Crippen LogP contribution in [0.25, 0.3) is 10.9 Å². The summed E-state index contributed by atoms with van der Waals surface area (Å²) in [4.78, 5) is 4.14. The summed E-state index contributed by atoms with van der Waals surface area (Å²) in [5.41, 5.74) is 0.642. The second-order valence-corrected chi connectivity index (χ2v) is 7.35. The molecule has 2 rings (SSSR count). The third-order valence-electron chi connectivity index (χ3n) is 2.41. The zero-order valence-electron chi connectivity index (χ0n) is 10.3. The first-order chi connectivity index (χ1) is 8.81. The van der Waals surface area contributed by atoms with E-state index in [1.807, 2.05) is 0 Å². The van der Waals surface area contributed by atoms with E-state index < -0.39 is 10.0 Å². The van der Waals surface area contributed by atoms with Gasteiger partial charge in [0.25, 0.3) is 0 Å². The molecule has 0 aliphatic rings. The number of sulfonamides is 1. The molecule has 0 bridgehead atoms. The quantitative estimate of drug-likeness (QED) is 0.910. The Morgan fingerprint density at radius 1 is 1.37 bits per heavy atom. The Kier molecular flexibility index (Phi) is 4.15.